The molecule has 1 rings (SSSR count). The van der Waals surface area contributed by atoms with Crippen LogP contribution in [0.4, 0.5) is 8.78 Å². The van der Waals surface area contributed by atoms with Crippen molar-refractivity contribution >= 4 is 0 Å². The SMILES string of the molecule is CC(O)(CO)CNCc1cc(F)ccc1F. The van der Waals surface area contributed by atoms with Crippen LogP contribution in [0.2, 0.25) is 0 Å². The van der Waals surface area contributed by atoms with Crippen LogP contribution in [0.25, 0.3) is 0 Å². The Kier molecular flexibility index (Phi) is 4.35. The zero-order valence-corrected chi connectivity index (χ0v) is 9.00. The van der Waals surface area contributed by atoms with Crippen LogP contribution in [-0.4, -0.2) is 29.0 Å². The number of aliphatic hydroxyl groups is 2. The van der Waals surface area contributed by atoms with Crippen molar-refractivity contribution in [3.63, 3.8) is 0 Å². The Morgan fingerprint density at radius 3 is 2.69 bits per heavy atom. The molecule has 3 N–H and O–H groups in total. The van der Waals surface area contributed by atoms with Gasteiger partial charge in [0.05, 0.1) is 12.2 Å². The third-order valence-electron chi connectivity index (χ3n) is 2.17. The lowest BCUT2D eigenvalue weighted by Gasteiger charge is -2.20. The number of nitrogens with one attached hydrogen (secondary N) is 1. The van der Waals surface area contributed by atoms with E-state index in [1.807, 2.05) is 0 Å². The fourth-order valence-corrected chi connectivity index (χ4v) is 1.20. The van der Waals surface area contributed by atoms with E-state index in [1.165, 1.54) is 6.92 Å². The van der Waals surface area contributed by atoms with Crippen LogP contribution in [-0.2, 0) is 6.54 Å². The average molecular weight is 231 g/mol. The van der Waals surface area contributed by atoms with Crippen LogP contribution in [0.1, 0.15) is 12.5 Å². The zero-order chi connectivity index (χ0) is 12.2. The fraction of sp³-hybridized carbons (Fsp3) is 0.455. The molecule has 0 aliphatic rings. The number of hydrogen-bond donors (Lipinski definition) is 3. The summed E-state index contributed by atoms with van der Waals surface area (Å²) >= 11 is 0. The number of rotatable bonds is 5. The molecule has 0 saturated heterocycles. The maximum Gasteiger partial charge on any atom is 0.127 e. The second-order valence-electron chi connectivity index (χ2n) is 3.99. The number of hydrogen-bond acceptors (Lipinski definition) is 3. The molecule has 0 aliphatic carbocycles. The van der Waals surface area contributed by atoms with Gasteiger partial charge in [-0.3, -0.25) is 0 Å². The van der Waals surface area contributed by atoms with Gasteiger partial charge in [-0.2, -0.15) is 0 Å². The Bertz CT molecular complexity index is 356. The lowest BCUT2D eigenvalue weighted by atomic mass is 10.1. The molecule has 1 atom stereocenters. The van der Waals surface area contributed by atoms with Crippen molar-refractivity contribution in [3.8, 4) is 0 Å². The quantitative estimate of drug-likeness (QED) is 0.702. The molecule has 1 aromatic carbocycles. The van der Waals surface area contributed by atoms with Gasteiger partial charge in [-0.15, -0.1) is 0 Å². The van der Waals surface area contributed by atoms with E-state index < -0.39 is 23.8 Å². The summed E-state index contributed by atoms with van der Waals surface area (Å²) < 4.78 is 25.9. The summed E-state index contributed by atoms with van der Waals surface area (Å²) in [7, 11) is 0. The first kappa shape index (κ1) is 13.0. The van der Waals surface area contributed by atoms with Gasteiger partial charge in [0.25, 0.3) is 0 Å². The van der Waals surface area contributed by atoms with Crippen molar-refractivity contribution in [2.24, 2.45) is 0 Å². The largest absolute Gasteiger partial charge is 0.393 e. The van der Waals surface area contributed by atoms with E-state index in [1.54, 1.807) is 0 Å². The highest BCUT2D eigenvalue weighted by Gasteiger charge is 2.18. The van der Waals surface area contributed by atoms with E-state index in [0.717, 1.165) is 18.2 Å². The third-order valence-corrected chi connectivity index (χ3v) is 2.17. The molecule has 1 unspecified atom stereocenters. The topological polar surface area (TPSA) is 52.5 Å². The van der Waals surface area contributed by atoms with Crippen LogP contribution in [0.15, 0.2) is 18.2 Å². The molecule has 0 heterocycles. The Morgan fingerprint density at radius 1 is 1.38 bits per heavy atom. The first-order valence-electron chi connectivity index (χ1n) is 4.92. The Labute approximate surface area is 92.7 Å². The fourth-order valence-electron chi connectivity index (χ4n) is 1.20. The van der Waals surface area contributed by atoms with Crippen LogP contribution in [0, 0.1) is 11.6 Å². The molecule has 1 aromatic rings. The first-order chi connectivity index (χ1) is 7.44. The molecule has 0 spiro atoms. The number of halogens is 2. The standard InChI is InChI=1S/C11H15F2NO2/c1-11(16,7-15)6-14-5-8-4-9(12)2-3-10(8)13/h2-4,14-16H,5-7H2,1H3. The summed E-state index contributed by atoms with van der Waals surface area (Å²) in [6.07, 6.45) is 0. The lowest BCUT2D eigenvalue weighted by Crippen LogP contribution is -2.40. The van der Waals surface area contributed by atoms with E-state index in [-0.39, 0.29) is 18.7 Å². The van der Waals surface area contributed by atoms with Gasteiger partial charge in [0.1, 0.15) is 11.6 Å². The molecule has 3 nitrogen and oxygen atoms in total. The number of benzene rings is 1. The van der Waals surface area contributed by atoms with Crippen LogP contribution in [0.3, 0.4) is 0 Å². The Hall–Kier alpha value is -1.04. The molecular formula is C11H15F2NO2. The smallest absolute Gasteiger partial charge is 0.127 e. The Balaban J connectivity index is 2.52. The molecule has 90 valence electrons. The summed E-state index contributed by atoms with van der Waals surface area (Å²) in [6.45, 7) is 1.24. The average Bonchev–Trinajstić information content (AvgIpc) is 2.23. The van der Waals surface area contributed by atoms with Crippen molar-refractivity contribution in [1.82, 2.24) is 5.32 Å². The molecule has 0 bridgehead atoms. The van der Waals surface area contributed by atoms with Crippen molar-refractivity contribution in [2.75, 3.05) is 13.2 Å². The zero-order valence-electron chi connectivity index (χ0n) is 9.00. The summed E-state index contributed by atoms with van der Waals surface area (Å²) in [4.78, 5) is 0. The summed E-state index contributed by atoms with van der Waals surface area (Å²) in [6, 6.07) is 3.19. The normalized spacial score (nSPS) is 14.8. The molecule has 16 heavy (non-hydrogen) atoms. The molecule has 0 saturated carbocycles. The van der Waals surface area contributed by atoms with E-state index in [9.17, 15) is 13.9 Å². The van der Waals surface area contributed by atoms with Gasteiger partial charge in [0, 0.05) is 18.7 Å². The van der Waals surface area contributed by atoms with Crippen LogP contribution >= 0.6 is 0 Å². The molecule has 0 radical (unpaired) electrons. The van der Waals surface area contributed by atoms with E-state index in [4.69, 9.17) is 5.11 Å². The van der Waals surface area contributed by atoms with Gasteiger partial charge in [-0.25, -0.2) is 8.78 Å². The highest BCUT2D eigenvalue weighted by atomic mass is 19.1. The van der Waals surface area contributed by atoms with Crippen molar-refractivity contribution < 1.29 is 19.0 Å². The van der Waals surface area contributed by atoms with Gasteiger partial charge < -0.3 is 15.5 Å². The van der Waals surface area contributed by atoms with Crippen molar-refractivity contribution in [1.29, 1.82) is 0 Å². The molecule has 0 amide bonds. The highest BCUT2D eigenvalue weighted by molar-refractivity contribution is 5.18. The van der Waals surface area contributed by atoms with Crippen molar-refractivity contribution in [3.05, 3.63) is 35.4 Å². The van der Waals surface area contributed by atoms with Gasteiger partial charge in [0.15, 0.2) is 0 Å². The van der Waals surface area contributed by atoms with E-state index >= 15 is 0 Å². The molecule has 0 aliphatic heterocycles. The lowest BCUT2D eigenvalue weighted by molar-refractivity contribution is 0.00249. The van der Waals surface area contributed by atoms with Crippen LogP contribution < -0.4 is 5.32 Å². The summed E-state index contributed by atoms with van der Waals surface area (Å²) in [5, 5.41) is 21.0. The minimum atomic E-state index is -1.26. The maximum atomic E-state index is 13.2. The first-order valence-corrected chi connectivity index (χ1v) is 4.92. The van der Waals surface area contributed by atoms with E-state index in [0.29, 0.717) is 0 Å². The van der Waals surface area contributed by atoms with Crippen molar-refractivity contribution in [2.45, 2.75) is 19.1 Å². The van der Waals surface area contributed by atoms with Gasteiger partial charge >= 0.3 is 0 Å². The maximum absolute atomic E-state index is 13.2. The minimum Gasteiger partial charge on any atom is -0.393 e. The van der Waals surface area contributed by atoms with Gasteiger partial charge in [-0.1, -0.05) is 0 Å². The molecule has 5 heteroatoms. The van der Waals surface area contributed by atoms with E-state index in [2.05, 4.69) is 5.32 Å². The molecule has 0 fully saturated rings. The Morgan fingerprint density at radius 2 is 2.06 bits per heavy atom. The van der Waals surface area contributed by atoms with Gasteiger partial charge in [-0.05, 0) is 25.1 Å². The minimum absolute atomic E-state index is 0.0967. The summed E-state index contributed by atoms with van der Waals surface area (Å²) in [5.41, 5.74) is -1.07. The third kappa shape index (κ3) is 3.84. The van der Waals surface area contributed by atoms with Crippen LogP contribution in [0.5, 0.6) is 0 Å². The molecule has 0 aromatic heterocycles. The number of aliphatic hydroxyl groups excluding tert-OH is 1. The highest BCUT2D eigenvalue weighted by Crippen LogP contribution is 2.09. The van der Waals surface area contributed by atoms with Gasteiger partial charge in [0.2, 0.25) is 0 Å². The molecular weight excluding hydrogens is 216 g/mol. The monoisotopic (exact) mass is 231 g/mol. The predicted octanol–water partition coefficient (Wildman–Crippen LogP) is 0.798. The second kappa shape index (κ2) is 5.34. The predicted molar refractivity (Wildman–Crippen MR) is 55.8 cm³/mol. The second-order valence-corrected chi connectivity index (χ2v) is 3.99. The summed E-state index contributed by atoms with van der Waals surface area (Å²) in [5.74, 6) is -1.01.